The second-order valence-electron chi connectivity index (χ2n) is 5.82. The molecule has 4 nitrogen and oxygen atoms in total. The maximum atomic E-state index is 12.0. The number of halogens is 1. The largest absolute Gasteiger partial charge is 0.497 e. The van der Waals surface area contributed by atoms with Crippen LogP contribution in [0, 0.1) is 0 Å². The van der Waals surface area contributed by atoms with Gasteiger partial charge in [0.1, 0.15) is 5.75 Å². The molecule has 1 amide bonds. The smallest absolute Gasteiger partial charge is 0.221 e. The predicted molar refractivity (Wildman–Crippen MR) is 95.2 cm³/mol. The fraction of sp³-hybridized carbons (Fsp3) is 0.389. The third kappa shape index (κ3) is 4.60. The van der Waals surface area contributed by atoms with Crippen LogP contribution < -0.4 is 15.4 Å². The second kappa shape index (κ2) is 8.18. The van der Waals surface area contributed by atoms with Crippen molar-refractivity contribution in [3.05, 3.63) is 42.0 Å². The van der Waals surface area contributed by atoms with Gasteiger partial charge >= 0.3 is 0 Å². The maximum absolute atomic E-state index is 12.0. The molecule has 2 aromatic carbocycles. The zero-order valence-electron chi connectivity index (χ0n) is 13.3. The van der Waals surface area contributed by atoms with E-state index >= 15 is 0 Å². The van der Waals surface area contributed by atoms with E-state index in [0.29, 0.717) is 19.0 Å². The Balaban J connectivity index is 0.00000192. The summed E-state index contributed by atoms with van der Waals surface area (Å²) in [6.07, 6.45) is 2.85. The second-order valence-corrected chi connectivity index (χ2v) is 5.82. The normalized spacial score (nSPS) is 16.8. The molecule has 0 spiro atoms. The number of ether oxygens (including phenoxy) is 1. The summed E-state index contributed by atoms with van der Waals surface area (Å²) in [4.78, 5) is 12.0. The molecule has 0 aliphatic carbocycles. The van der Waals surface area contributed by atoms with Crippen molar-refractivity contribution in [2.24, 2.45) is 0 Å². The minimum absolute atomic E-state index is 0. The SMILES string of the molecule is COc1ccc2cc(CNC(=O)CC3CCCN3)ccc2c1.Cl. The van der Waals surface area contributed by atoms with Crippen LogP contribution in [-0.2, 0) is 11.3 Å². The van der Waals surface area contributed by atoms with Crippen LogP contribution in [0.3, 0.4) is 0 Å². The molecular formula is C18H23ClN2O2. The topological polar surface area (TPSA) is 50.4 Å². The van der Waals surface area contributed by atoms with Crippen LogP contribution >= 0.6 is 12.4 Å². The average Bonchev–Trinajstić information content (AvgIpc) is 3.05. The Kier molecular flexibility index (Phi) is 6.25. The highest BCUT2D eigenvalue weighted by Crippen LogP contribution is 2.21. The Morgan fingerprint density at radius 2 is 2.04 bits per heavy atom. The Bertz CT molecular complexity index is 669. The van der Waals surface area contributed by atoms with Crippen LogP contribution in [0.2, 0.25) is 0 Å². The van der Waals surface area contributed by atoms with Crippen LogP contribution in [0.25, 0.3) is 10.8 Å². The number of fused-ring (bicyclic) bond motifs is 1. The van der Waals surface area contributed by atoms with Crippen molar-refractivity contribution in [1.82, 2.24) is 10.6 Å². The van der Waals surface area contributed by atoms with Gasteiger partial charge in [0.25, 0.3) is 0 Å². The Hall–Kier alpha value is -1.78. The molecule has 2 aromatic rings. The van der Waals surface area contributed by atoms with Crippen molar-refractivity contribution in [3.8, 4) is 5.75 Å². The lowest BCUT2D eigenvalue weighted by Gasteiger charge is -2.11. The van der Waals surface area contributed by atoms with Crippen molar-refractivity contribution in [1.29, 1.82) is 0 Å². The fourth-order valence-corrected chi connectivity index (χ4v) is 2.94. The molecule has 1 aliphatic heterocycles. The van der Waals surface area contributed by atoms with Gasteiger partial charge in [-0.2, -0.15) is 0 Å². The van der Waals surface area contributed by atoms with Gasteiger partial charge in [-0.25, -0.2) is 0 Å². The van der Waals surface area contributed by atoms with Crippen molar-refractivity contribution in [2.75, 3.05) is 13.7 Å². The van der Waals surface area contributed by atoms with Crippen LogP contribution in [0.5, 0.6) is 5.75 Å². The molecule has 1 aliphatic rings. The Labute approximate surface area is 143 Å². The molecular weight excluding hydrogens is 312 g/mol. The van der Waals surface area contributed by atoms with E-state index in [9.17, 15) is 4.79 Å². The van der Waals surface area contributed by atoms with E-state index in [2.05, 4.69) is 28.8 Å². The van der Waals surface area contributed by atoms with Gasteiger partial charge in [0.05, 0.1) is 7.11 Å². The molecule has 0 saturated carbocycles. The van der Waals surface area contributed by atoms with Crippen LogP contribution in [-0.4, -0.2) is 25.6 Å². The van der Waals surface area contributed by atoms with Gasteiger partial charge in [0.15, 0.2) is 0 Å². The molecule has 1 atom stereocenters. The van der Waals surface area contributed by atoms with Crippen molar-refractivity contribution in [3.63, 3.8) is 0 Å². The van der Waals surface area contributed by atoms with Gasteiger partial charge in [0.2, 0.25) is 5.91 Å². The Morgan fingerprint density at radius 1 is 1.26 bits per heavy atom. The molecule has 23 heavy (non-hydrogen) atoms. The summed E-state index contributed by atoms with van der Waals surface area (Å²) in [6.45, 7) is 1.61. The standard InChI is InChI=1S/C18H22N2O2.ClH/c1-22-17-7-6-14-9-13(4-5-15(14)10-17)12-20-18(21)11-16-3-2-8-19-16;/h4-7,9-10,16,19H,2-3,8,11-12H2,1H3,(H,20,21);1H. The van der Waals surface area contributed by atoms with Crippen molar-refractivity contribution < 1.29 is 9.53 Å². The van der Waals surface area contributed by atoms with Crippen LogP contribution in [0.4, 0.5) is 0 Å². The first kappa shape index (κ1) is 17.6. The molecule has 2 N–H and O–H groups in total. The first-order chi connectivity index (χ1) is 10.7. The van der Waals surface area contributed by atoms with E-state index in [0.717, 1.165) is 35.1 Å². The highest BCUT2D eigenvalue weighted by Gasteiger charge is 2.17. The Morgan fingerprint density at radius 3 is 2.78 bits per heavy atom. The van der Waals surface area contributed by atoms with Crippen LogP contribution in [0.15, 0.2) is 36.4 Å². The lowest BCUT2D eigenvalue weighted by atomic mass is 10.1. The van der Waals surface area contributed by atoms with Gasteiger partial charge in [-0.05, 0) is 53.9 Å². The highest BCUT2D eigenvalue weighted by atomic mass is 35.5. The van der Waals surface area contributed by atoms with E-state index in [4.69, 9.17) is 4.74 Å². The number of hydrogen-bond acceptors (Lipinski definition) is 3. The minimum atomic E-state index is 0. The molecule has 1 heterocycles. The molecule has 0 aromatic heterocycles. The van der Waals surface area contributed by atoms with E-state index in [1.165, 1.54) is 6.42 Å². The monoisotopic (exact) mass is 334 g/mol. The summed E-state index contributed by atoms with van der Waals surface area (Å²) in [5.41, 5.74) is 1.12. The fourth-order valence-electron chi connectivity index (χ4n) is 2.94. The number of carbonyl (C=O) groups is 1. The van der Waals surface area contributed by atoms with Gasteiger partial charge in [-0.3, -0.25) is 4.79 Å². The van der Waals surface area contributed by atoms with Gasteiger partial charge in [0, 0.05) is 19.0 Å². The minimum Gasteiger partial charge on any atom is -0.497 e. The summed E-state index contributed by atoms with van der Waals surface area (Å²) >= 11 is 0. The van der Waals surface area contributed by atoms with E-state index in [1.807, 2.05) is 18.2 Å². The molecule has 1 saturated heterocycles. The number of nitrogens with one attached hydrogen (secondary N) is 2. The zero-order chi connectivity index (χ0) is 15.4. The molecule has 124 valence electrons. The maximum Gasteiger partial charge on any atom is 0.221 e. The zero-order valence-corrected chi connectivity index (χ0v) is 14.1. The molecule has 3 rings (SSSR count). The van der Waals surface area contributed by atoms with Gasteiger partial charge in [-0.15, -0.1) is 12.4 Å². The number of benzene rings is 2. The summed E-state index contributed by atoms with van der Waals surface area (Å²) < 4.78 is 5.23. The third-order valence-electron chi connectivity index (χ3n) is 4.20. The van der Waals surface area contributed by atoms with Crippen molar-refractivity contribution >= 4 is 29.1 Å². The van der Waals surface area contributed by atoms with Crippen molar-refractivity contribution in [2.45, 2.75) is 31.8 Å². The molecule has 0 bridgehead atoms. The number of rotatable bonds is 5. The lowest BCUT2D eigenvalue weighted by molar-refractivity contribution is -0.121. The third-order valence-corrected chi connectivity index (χ3v) is 4.20. The average molecular weight is 335 g/mol. The number of methoxy groups -OCH3 is 1. The van der Waals surface area contributed by atoms with E-state index < -0.39 is 0 Å². The summed E-state index contributed by atoms with van der Waals surface area (Å²) in [5, 5.41) is 8.66. The molecule has 0 radical (unpaired) electrons. The molecule has 5 heteroatoms. The summed E-state index contributed by atoms with van der Waals surface area (Å²) in [5.74, 6) is 0.979. The summed E-state index contributed by atoms with van der Waals surface area (Å²) in [6, 6.07) is 12.6. The quantitative estimate of drug-likeness (QED) is 0.883. The highest BCUT2D eigenvalue weighted by molar-refractivity contribution is 5.85. The lowest BCUT2D eigenvalue weighted by Crippen LogP contribution is -2.31. The van der Waals surface area contributed by atoms with E-state index in [1.54, 1.807) is 7.11 Å². The first-order valence-corrected chi connectivity index (χ1v) is 7.81. The van der Waals surface area contributed by atoms with Gasteiger partial charge < -0.3 is 15.4 Å². The molecule has 1 unspecified atom stereocenters. The van der Waals surface area contributed by atoms with Crippen LogP contribution in [0.1, 0.15) is 24.8 Å². The number of hydrogen-bond donors (Lipinski definition) is 2. The first-order valence-electron chi connectivity index (χ1n) is 7.81. The molecule has 1 fully saturated rings. The van der Waals surface area contributed by atoms with E-state index in [-0.39, 0.29) is 18.3 Å². The summed E-state index contributed by atoms with van der Waals surface area (Å²) in [7, 11) is 1.67. The number of amides is 1. The van der Waals surface area contributed by atoms with Gasteiger partial charge in [-0.1, -0.05) is 18.2 Å². The number of carbonyl (C=O) groups excluding carboxylic acids is 1. The predicted octanol–water partition coefficient (Wildman–Crippen LogP) is 3.03.